The van der Waals surface area contributed by atoms with E-state index in [9.17, 15) is 13.6 Å². The van der Waals surface area contributed by atoms with Crippen molar-refractivity contribution in [3.05, 3.63) is 41.1 Å². The highest BCUT2D eigenvalue weighted by Gasteiger charge is 2.09. The van der Waals surface area contributed by atoms with Gasteiger partial charge in [-0.05, 0) is 18.7 Å². The van der Waals surface area contributed by atoms with E-state index in [0.717, 1.165) is 12.1 Å². The Morgan fingerprint density at radius 1 is 1.38 bits per heavy atom. The molecule has 2 N–H and O–H groups in total. The molecule has 3 nitrogen and oxygen atoms in total. The Hall–Kier alpha value is -2.04. The van der Waals surface area contributed by atoms with Gasteiger partial charge in [0.2, 0.25) is 0 Å². The van der Waals surface area contributed by atoms with Crippen LogP contribution >= 0.6 is 0 Å². The summed E-state index contributed by atoms with van der Waals surface area (Å²) in [5.41, 5.74) is 5.34. The third-order valence-corrected chi connectivity index (χ3v) is 1.86. The van der Waals surface area contributed by atoms with Crippen LogP contribution in [0.1, 0.15) is 17.3 Å². The molecule has 0 saturated heterocycles. The maximum absolute atomic E-state index is 13.1. The lowest BCUT2D eigenvalue weighted by Gasteiger charge is -1.99. The van der Waals surface area contributed by atoms with Gasteiger partial charge in [0.05, 0.1) is 11.3 Å². The quantitative estimate of drug-likeness (QED) is 0.632. The lowest BCUT2D eigenvalue weighted by atomic mass is 10.2. The monoisotopic (exact) mass is 224 g/mol. The van der Waals surface area contributed by atoms with Crippen LogP contribution in [0.2, 0.25) is 0 Å². The van der Waals surface area contributed by atoms with E-state index in [2.05, 4.69) is 4.99 Å². The first-order valence-corrected chi connectivity index (χ1v) is 4.45. The van der Waals surface area contributed by atoms with E-state index in [1.807, 2.05) is 0 Å². The van der Waals surface area contributed by atoms with Crippen molar-refractivity contribution in [3.63, 3.8) is 0 Å². The fraction of sp³-hybridized carbons (Fsp3) is 0.0909. The molecular formula is C11H10F2N2O. The van der Waals surface area contributed by atoms with Gasteiger partial charge in [0.1, 0.15) is 11.6 Å². The van der Waals surface area contributed by atoms with Gasteiger partial charge in [0, 0.05) is 18.3 Å². The van der Waals surface area contributed by atoms with Crippen LogP contribution in [0.3, 0.4) is 0 Å². The van der Waals surface area contributed by atoms with Gasteiger partial charge in [0.25, 0.3) is 0 Å². The van der Waals surface area contributed by atoms with E-state index in [4.69, 9.17) is 5.73 Å². The number of nitrogens with two attached hydrogens (primary N) is 1. The van der Waals surface area contributed by atoms with E-state index >= 15 is 0 Å². The van der Waals surface area contributed by atoms with Crippen LogP contribution in [-0.4, -0.2) is 12.5 Å². The van der Waals surface area contributed by atoms with Crippen molar-refractivity contribution in [3.8, 4) is 0 Å². The largest absolute Gasteiger partial charge is 0.404 e. The highest BCUT2D eigenvalue weighted by molar-refractivity contribution is 5.81. The smallest absolute Gasteiger partial charge is 0.155 e. The standard InChI is InChI=1S/C11H10F2N2O/c1-7(4-14)5-15-8-2-10(12)9(6-16)11(13)3-8/h2-6H,14H2,1H3. The Balaban J connectivity index is 3.10. The molecule has 0 atom stereocenters. The van der Waals surface area contributed by atoms with Crippen molar-refractivity contribution in [1.82, 2.24) is 0 Å². The van der Waals surface area contributed by atoms with Crippen LogP contribution in [0.4, 0.5) is 14.5 Å². The molecule has 0 radical (unpaired) electrons. The van der Waals surface area contributed by atoms with Crippen molar-refractivity contribution < 1.29 is 13.6 Å². The topological polar surface area (TPSA) is 55.5 Å². The Morgan fingerprint density at radius 3 is 2.38 bits per heavy atom. The van der Waals surface area contributed by atoms with Crippen LogP contribution in [0, 0.1) is 11.6 Å². The van der Waals surface area contributed by atoms with E-state index in [1.165, 1.54) is 12.4 Å². The first-order valence-electron chi connectivity index (χ1n) is 4.45. The average molecular weight is 224 g/mol. The Bertz CT molecular complexity index is 444. The summed E-state index contributed by atoms with van der Waals surface area (Å²) < 4.78 is 26.3. The van der Waals surface area contributed by atoms with Gasteiger partial charge in [-0.1, -0.05) is 0 Å². The van der Waals surface area contributed by atoms with Gasteiger partial charge in [-0.2, -0.15) is 0 Å². The number of aldehydes is 1. The van der Waals surface area contributed by atoms with Gasteiger partial charge >= 0.3 is 0 Å². The van der Waals surface area contributed by atoms with Crippen LogP contribution < -0.4 is 5.73 Å². The van der Waals surface area contributed by atoms with Crippen molar-refractivity contribution >= 4 is 18.2 Å². The number of rotatable bonds is 3. The summed E-state index contributed by atoms with van der Waals surface area (Å²) in [6.45, 7) is 1.69. The summed E-state index contributed by atoms with van der Waals surface area (Å²) in [7, 11) is 0. The molecule has 0 bridgehead atoms. The number of benzene rings is 1. The van der Waals surface area contributed by atoms with Gasteiger partial charge in [-0.25, -0.2) is 8.78 Å². The Kier molecular flexibility index (Phi) is 3.88. The summed E-state index contributed by atoms with van der Waals surface area (Å²) in [6, 6.07) is 1.96. The van der Waals surface area contributed by atoms with E-state index in [1.54, 1.807) is 6.92 Å². The molecule has 1 aromatic rings. The molecular weight excluding hydrogens is 214 g/mol. The Morgan fingerprint density at radius 2 is 1.94 bits per heavy atom. The van der Waals surface area contributed by atoms with Crippen LogP contribution in [0.25, 0.3) is 0 Å². The second kappa shape index (κ2) is 5.16. The molecule has 0 heterocycles. The molecule has 1 rings (SSSR count). The van der Waals surface area contributed by atoms with Crippen molar-refractivity contribution in [2.45, 2.75) is 6.92 Å². The minimum Gasteiger partial charge on any atom is -0.404 e. The fourth-order valence-corrected chi connectivity index (χ4v) is 0.977. The second-order valence-corrected chi connectivity index (χ2v) is 3.11. The van der Waals surface area contributed by atoms with Gasteiger partial charge in [-0.3, -0.25) is 9.79 Å². The zero-order valence-corrected chi connectivity index (χ0v) is 8.58. The summed E-state index contributed by atoms with van der Waals surface area (Å²) in [5.74, 6) is -1.87. The normalized spacial score (nSPS) is 12.1. The van der Waals surface area contributed by atoms with Crippen molar-refractivity contribution in [2.24, 2.45) is 10.7 Å². The predicted molar refractivity (Wildman–Crippen MR) is 57.8 cm³/mol. The van der Waals surface area contributed by atoms with Crippen LogP contribution in [-0.2, 0) is 0 Å². The van der Waals surface area contributed by atoms with Gasteiger partial charge in [-0.15, -0.1) is 0 Å². The molecule has 0 aliphatic heterocycles. The van der Waals surface area contributed by atoms with Crippen molar-refractivity contribution in [1.29, 1.82) is 0 Å². The summed E-state index contributed by atoms with van der Waals surface area (Å²) in [5, 5.41) is 0. The fourth-order valence-electron chi connectivity index (χ4n) is 0.977. The zero-order valence-electron chi connectivity index (χ0n) is 8.58. The van der Waals surface area contributed by atoms with Crippen molar-refractivity contribution in [2.75, 3.05) is 0 Å². The number of halogens is 2. The highest BCUT2D eigenvalue weighted by atomic mass is 19.1. The number of allylic oxidation sites excluding steroid dienone is 1. The third kappa shape index (κ3) is 2.73. The molecule has 1 aromatic carbocycles. The first kappa shape index (κ1) is 12.0. The number of hydrogen-bond acceptors (Lipinski definition) is 3. The molecule has 0 saturated carbocycles. The molecule has 0 fully saturated rings. The SMILES string of the molecule is CC(C=Nc1cc(F)c(C=O)c(F)c1)=CN. The molecule has 0 spiro atoms. The van der Waals surface area contributed by atoms with E-state index < -0.39 is 17.2 Å². The molecule has 0 unspecified atom stereocenters. The number of nitrogens with zero attached hydrogens (tertiary/aromatic N) is 1. The summed E-state index contributed by atoms with van der Waals surface area (Å²) >= 11 is 0. The highest BCUT2D eigenvalue weighted by Crippen LogP contribution is 2.19. The number of hydrogen-bond donors (Lipinski definition) is 1. The predicted octanol–water partition coefficient (Wildman–Crippen LogP) is 2.34. The van der Waals surface area contributed by atoms with E-state index in [0.29, 0.717) is 5.57 Å². The van der Waals surface area contributed by atoms with Crippen LogP contribution in [0.5, 0.6) is 0 Å². The summed E-state index contributed by atoms with van der Waals surface area (Å²) in [6.07, 6.45) is 2.81. The molecule has 0 aliphatic carbocycles. The molecule has 84 valence electrons. The van der Waals surface area contributed by atoms with E-state index in [-0.39, 0.29) is 12.0 Å². The zero-order chi connectivity index (χ0) is 12.1. The lowest BCUT2D eigenvalue weighted by molar-refractivity contribution is 0.111. The molecule has 16 heavy (non-hydrogen) atoms. The maximum atomic E-state index is 13.1. The first-order chi connectivity index (χ1) is 7.58. The second-order valence-electron chi connectivity index (χ2n) is 3.11. The Labute approximate surface area is 91.3 Å². The lowest BCUT2D eigenvalue weighted by Crippen LogP contribution is -1.93. The number of carbonyl (C=O) groups is 1. The summed E-state index contributed by atoms with van der Waals surface area (Å²) in [4.78, 5) is 14.1. The van der Waals surface area contributed by atoms with Gasteiger partial charge < -0.3 is 5.73 Å². The van der Waals surface area contributed by atoms with Crippen LogP contribution in [0.15, 0.2) is 28.9 Å². The maximum Gasteiger partial charge on any atom is 0.155 e. The van der Waals surface area contributed by atoms with Gasteiger partial charge in [0.15, 0.2) is 6.29 Å². The minimum absolute atomic E-state index is 0.0850. The number of carbonyl (C=O) groups excluding carboxylic acids is 1. The number of aliphatic imine (C=N–C) groups is 1. The average Bonchev–Trinajstić information content (AvgIpc) is 2.25. The minimum atomic E-state index is -0.934. The molecule has 0 amide bonds. The molecule has 0 aromatic heterocycles. The molecule has 5 heteroatoms. The third-order valence-electron chi connectivity index (χ3n) is 1.86. The molecule has 0 aliphatic rings.